The summed E-state index contributed by atoms with van der Waals surface area (Å²) in [6.45, 7) is 13.5. The van der Waals surface area contributed by atoms with E-state index < -0.39 is 23.6 Å². The van der Waals surface area contributed by atoms with Gasteiger partial charge in [0.25, 0.3) is 5.91 Å². The van der Waals surface area contributed by atoms with Gasteiger partial charge in [-0.3, -0.25) is 9.59 Å². The van der Waals surface area contributed by atoms with E-state index in [1.807, 2.05) is 6.92 Å². The van der Waals surface area contributed by atoms with Crippen LogP contribution in [0, 0.1) is 5.41 Å². The molecule has 0 bridgehead atoms. The summed E-state index contributed by atoms with van der Waals surface area (Å²) in [6.07, 6.45) is 1.24. The van der Waals surface area contributed by atoms with Crippen LogP contribution in [0.15, 0.2) is 35.5 Å². The minimum absolute atomic E-state index is 0.0621. The van der Waals surface area contributed by atoms with E-state index >= 15 is 0 Å². The van der Waals surface area contributed by atoms with Crippen LogP contribution in [0.4, 0.5) is 10.5 Å². The SMILES string of the molecule is CCOc1ccc(NC(=O)C2=C(NC(=O)[C@@H](C)NC(=O)OC(C)(C)C)CC(C)(C)CC2)cc1. The zero-order chi connectivity index (χ0) is 24.8. The van der Waals surface area contributed by atoms with Crippen LogP contribution in [0.25, 0.3) is 0 Å². The van der Waals surface area contributed by atoms with E-state index in [9.17, 15) is 14.4 Å². The van der Waals surface area contributed by atoms with E-state index in [0.29, 0.717) is 36.4 Å². The van der Waals surface area contributed by atoms with Crippen molar-refractivity contribution >= 4 is 23.6 Å². The minimum Gasteiger partial charge on any atom is -0.494 e. The molecule has 33 heavy (non-hydrogen) atoms. The molecule has 3 N–H and O–H groups in total. The van der Waals surface area contributed by atoms with Crippen molar-refractivity contribution in [2.24, 2.45) is 5.41 Å². The summed E-state index contributed by atoms with van der Waals surface area (Å²) < 4.78 is 10.6. The topological polar surface area (TPSA) is 106 Å². The molecule has 8 nitrogen and oxygen atoms in total. The largest absolute Gasteiger partial charge is 0.494 e. The molecule has 3 amide bonds. The van der Waals surface area contributed by atoms with Gasteiger partial charge < -0.3 is 25.4 Å². The third kappa shape index (κ3) is 8.44. The summed E-state index contributed by atoms with van der Waals surface area (Å²) in [6, 6.07) is 6.32. The van der Waals surface area contributed by atoms with Crippen LogP contribution >= 0.6 is 0 Å². The lowest BCUT2D eigenvalue weighted by Crippen LogP contribution is -2.47. The molecule has 2 rings (SSSR count). The Morgan fingerprint density at radius 2 is 1.73 bits per heavy atom. The number of hydrogen-bond donors (Lipinski definition) is 3. The third-order valence-electron chi connectivity index (χ3n) is 5.17. The Kier molecular flexibility index (Phi) is 8.52. The molecule has 8 heteroatoms. The van der Waals surface area contributed by atoms with Crippen molar-refractivity contribution in [1.29, 1.82) is 0 Å². The number of carbonyl (C=O) groups excluding carboxylic acids is 3. The Morgan fingerprint density at radius 1 is 1.09 bits per heavy atom. The number of carbonyl (C=O) groups is 3. The molecule has 0 aliphatic heterocycles. The fourth-order valence-corrected chi connectivity index (χ4v) is 3.47. The van der Waals surface area contributed by atoms with Crippen LogP contribution in [0.2, 0.25) is 0 Å². The standard InChI is InChI=1S/C25H37N3O5/c1-8-32-18-11-9-17(10-12-18)27-22(30)19-13-14-25(6,7)15-20(19)28-21(29)16(2)26-23(31)33-24(3,4)5/h9-12,16H,8,13-15H2,1-7H3,(H,26,31)(H,27,30)(H,28,29)/t16-/m1/s1. The third-order valence-corrected chi connectivity index (χ3v) is 5.17. The first-order chi connectivity index (χ1) is 15.3. The number of alkyl carbamates (subject to hydrolysis) is 1. The van der Waals surface area contributed by atoms with Crippen LogP contribution < -0.4 is 20.7 Å². The van der Waals surface area contributed by atoms with Crippen molar-refractivity contribution in [1.82, 2.24) is 10.6 Å². The normalized spacial score (nSPS) is 16.5. The fourth-order valence-electron chi connectivity index (χ4n) is 3.47. The second-order valence-electron chi connectivity index (χ2n) is 10.1. The number of allylic oxidation sites excluding steroid dienone is 1. The van der Waals surface area contributed by atoms with Gasteiger partial charge >= 0.3 is 6.09 Å². The lowest BCUT2D eigenvalue weighted by Gasteiger charge is -2.33. The number of benzene rings is 1. The van der Waals surface area contributed by atoms with E-state index in [2.05, 4.69) is 29.8 Å². The second-order valence-corrected chi connectivity index (χ2v) is 10.1. The predicted octanol–water partition coefficient (Wildman–Crippen LogP) is 4.52. The van der Waals surface area contributed by atoms with Gasteiger partial charge in [-0.25, -0.2) is 4.79 Å². The molecule has 0 heterocycles. The number of ether oxygens (including phenoxy) is 2. The van der Waals surface area contributed by atoms with E-state index in [-0.39, 0.29) is 11.3 Å². The van der Waals surface area contributed by atoms with Gasteiger partial charge in [0, 0.05) is 17.0 Å². The van der Waals surface area contributed by atoms with Gasteiger partial charge in [0.05, 0.1) is 6.61 Å². The molecule has 0 saturated carbocycles. The minimum atomic E-state index is -0.826. The van der Waals surface area contributed by atoms with Crippen molar-refractivity contribution in [3.05, 3.63) is 35.5 Å². The first-order valence-corrected chi connectivity index (χ1v) is 11.4. The molecule has 182 valence electrons. The Bertz CT molecular complexity index is 898. The maximum atomic E-state index is 13.0. The summed E-state index contributed by atoms with van der Waals surface area (Å²) in [5.41, 5.74) is 1.04. The summed E-state index contributed by atoms with van der Waals surface area (Å²) in [7, 11) is 0. The van der Waals surface area contributed by atoms with Gasteiger partial charge in [-0.2, -0.15) is 0 Å². The van der Waals surface area contributed by atoms with E-state index in [1.54, 1.807) is 52.0 Å². The molecule has 0 fully saturated rings. The second kappa shape index (κ2) is 10.7. The zero-order valence-electron chi connectivity index (χ0n) is 20.8. The van der Waals surface area contributed by atoms with Gasteiger partial charge in [0.2, 0.25) is 5.91 Å². The van der Waals surface area contributed by atoms with Crippen molar-refractivity contribution < 1.29 is 23.9 Å². The molecule has 1 atom stereocenters. The Balaban J connectivity index is 2.13. The molecule has 1 aliphatic carbocycles. The average Bonchev–Trinajstić information content (AvgIpc) is 2.67. The number of amides is 3. The Labute approximate surface area is 196 Å². The molecule has 0 radical (unpaired) electrons. The summed E-state index contributed by atoms with van der Waals surface area (Å²) in [4.78, 5) is 37.8. The first-order valence-electron chi connectivity index (χ1n) is 11.4. The Morgan fingerprint density at radius 3 is 2.30 bits per heavy atom. The summed E-state index contributed by atoms with van der Waals surface area (Å²) >= 11 is 0. The zero-order valence-corrected chi connectivity index (χ0v) is 20.8. The van der Waals surface area contributed by atoms with E-state index in [1.165, 1.54) is 0 Å². The van der Waals surface area contributed by atoms with Gasteiger partial charge in [0.1, 0.15) is 17.4 Å². The fraction of sp³-hybridized carbons (Fsp3) is 0.560. The lowest BCUT2D eigenvalue weighted by molar-refractivity contribution is -0.122. The number of anilines is 1. The first kappa shape index (κ1) is 26.2. The highest BCUT2D eigenvalue weighted by atomic mass is 16.6. The summed E-state index contributed by atoms with van der Waals surface area (Å²) in [5, 5.41) is 8.32. The monoisotopic (exact) mass is 459 g/mol. The van der Waals surface area contributed by atoms with Crippen molar-refractivity contribution in [3.8, 4) is 5.75 Å². The van der Waals surface area contributed by atoms with Crippen LogP contribution in [0.3, 0.4) is 0 Å². The highest BCUT2D eigenvalue weighted by molar-refractivity contribution is 6.05. The van der Waals surface area contributed by atoms with E-state index in [0.717, 1.165) is 12.2 Å². The van der Waals surface area contributed by atoms with Crippen molar-refractivity contribution in [3.63, 3.8) is 0 Å². The predicted molar refractivity (Wildman–Crippen MR) is 128 cm³/mol. The van der Waals surface area contributed by atoms with Gasteiger partial charge in [-0.15, -0.1) is 0 Å². The van der Waals surface area contributed by atoms with Crippen LogP contribution in [-0.2, 0) is 14.3 Å². The maximum Gasteiger partial charge on any atom is 0.408 e. The van der Waals surface area contributed by atoms with Crippen molar-refractivity contribution in [2.75, 3.05) is 11.9 Å². The Hall–Kier alpha value is -3.03. The van der Waals surface area contributed by atoms with Crippen LogP contribution in [0.1, 0.15) is 67.7 Å². The molecule has 1 aromatic rings. The van der Waals surface area contributed by atoms with E-state index in [4.69, 9.17) is 9.47 Å². The smallest absolute Gasteiger partial charge is 0.408 e. The number of nitrogens with one attached hydrogen (secondary N) is 3. The van der Waals surface area contributed by atoms with Gasteiger partial charge in [-0.05, 0) is 83.6 Å². The molecule has 0 aromatic heterocycles. The van der Waals surface area contributed by atoms with Gasteiger partial charge in [-0.1, -0.05) is 13.8 Å². The molecule has 0 spiro atoms. The summed E-state index contributed by atoms with van der Waals surface area (Å²) in [5.74, 6) is 0.0752. The molecule has 0 unspecified atom stereocenters. The van der Waals surface area contributed by atoms with Gasteiger partial charge in [0.15, 0.2) is 0 Å². The molecule has 1 aliphatic rings. The van der Waals surface area contributed by atoms with Crippen LogP contribution in [-0.4, -0.2) is 36.2 Å². The molecular weight excluding hydrogens is 422 g/mol. The molecule has 0 saturated heterocycles. The number of hydrogen-bond acceptors (Lipinski definition) is 5. The highest BCUT2D eigenvalue weighted by Gasteiger charge is 2.32. The highest BCUT2D eigenvalue weighted by Crippen LogP contribution is 2.38. The quantitative estimate of drug-likeness (QED) is 0.556. The lowest BCUT2D eigenvalue weighted by atomic mass is 9.76. The molecular formula is C25H37N3O5. The van der Waals surface area contributed by atoms with Crippen LogP contribution in [0.5, 0.6) is 5.75 Å². The number of rotatable bonds is 7. The average molecular weight is 460 g/mol. The maximum absolute atomic E-state index is 13.0. The molecule has 1 aromatic carbocycles. The van der Waals surface area contributed by atoms with Crippen molar-refractivity contribution in [2.45, 2.75) is 79.4 Å².